The van der Waals surface area contributed by atoms with Gasteiger partial charge < -0.3 is 27.1 Å². The fourth-order valence-electron chi connectivity index (χ4n) is 16.7. The summed E-state index contributed by atoms with van der Waals surface area (Å²) in [7, 11) is 0. The molecule has 0 fully saturated rings. The summed E-state index contributed by atoms with van der Waals surface area (Å²) in [5.41, 5.74) is 25.3. The number of furan rings is 2. The van der Waals surface area contributed by atoms with Gasteiger partial charge in [-0.1, -0.05) is 170 Å². The Labute approximate surface area is 651 Å². The molecular weight excluding hydrogens is 1400 g/mol. The van der Waals surface area contributed by atoms with Crippen LogP contribution in [0.3, 0.4) is 0 Å². The van der Waals surface area contributed by atoms with E-state index in [1.165, 1.54) is 0 Å². The quantitative estimate of drug-likeness (QED) is 0.145. The molecule has 12 nitrogen and oxygen atoms in total. The molecule has 526 valence electrons. The second-order valence-corrected chi connectivity index (χ2v) is 28.1. The lowest BCUT2D eigenvalue weighted by Crippen LogP contribution is -1.97. The topological polar surface area (TPSA) is 150 Å². The van der Waals surface area contributed by atoms with E-state index in [1.54, 1.807) is 6.07 Å². The molecule has 0 amide bonds. The van der Waals surface area contributed by atoms with Crippen molar-refractivity contribution in [2.75, 3.05) is 0 Å². The highest BCUT2D eigenvalue weighted by Crippen LogP contribution is 2.45. The maximum atomic E-state index is 10.2. The lowest BCUT2D eigenvalue weighted by atomic mass is 9.97. The zero-order valence-electron chi connectivity index (χ0n) is 60.6. The van der Waals surface area contributed by atoms with E-state index in [-0.39, 0.29) is 0 Å². The van der Waals surface area contributed by atoms with Gasteiger partial charge in [-0.2, -0.15) is 21.0 Å². The molecule has 0 radical (unpaired) electrons. The van der Waals surface area contributed by atoms with E-state index < -0.39 is 0 Å². The van der Waals surface area contributed by atoms with E-state index in [0.29, 0.717) is 33.6 Å². The first kappa shape index (κ1) is 66.7. The van der Waals surface area contributed by atoms with Gasteiger partial charge in [-0.15, -0.1) is 0 Å². The second-order valence-electron chi connectivity index (χ2n) is 28.1. The predicted molar refractivity (Wildman–Crippen MR) is 459 cm³/mol. The van der Waals surface area contributed by atoms with Crippen LogP contribution in [0.1, 0.15) is 22.3 Å². The lowest BCUT2D eigenvalue weighted by Gasteiger charge is -2.13. The summed E-state index contributed by atoms with van der Waals surface area (Å²) in [6.07, 6.45) is 0. The van der Waals surface area contributed by atoms with Gasteiger partial charge in [0, 0.05) is 92.7 Å². The predicted octanol–water partition coefficient (Wildman–Crippen LogP) is 26.8. The van der Waals surface area contributed by atoms with Crippen LogP contribution in [0.2, 0.25) is 0 Å². The van der Waals surface area contributed by atoms with Gasteiger partial charge in [0.05, 0.1) is 92.4 Å². The third-order valence-corrected chi connectivity index (χ3v) is 21.8. The molecule has 12 heteroatoms. The molecule has 6 aromatic heterocycles. The van der Waals surface area contributed by atoms with Crippen LogP contribution in [0.15, 0.2) is 349 Å². The van der Waals surface area contributed by atoms with Gasteiger partial charge >= 0.3 is 0 Å². The van der Waals surface area contributed by atoms with E-state index in [9.17, 15) is 21.0 Å². The zero-order valence-corrected chi connectivity index (χ0v) is 60.6. The lowest BCUT2D eigenvalue weighted by molar-refractivity contribution is 0.668. The summed E-state index contributed by atoms with van der Waals surface area (Å²) >= 11 is 0. The Morgan fingerprint density at radius 1 is 0.246 bits per heavy atom. The largest absolute Gasteiger partial charge is 0.456 e. The minimum atomic E-state index is 0.566. The van der Waals surface area contributed by atoms with Gasteiger partial charge in [-0.3, -0.25) is 0 Å². The van der Waals surface area contributed by atoms with Crippen molar-refractivity contribution in [3.63, 3.8) is 0 Å². The number of nitrogens with zero attached hydrogens (tertiary/aromatic N) is 10. The van der Waals surface area contributed by atoms with Gasteiger partial charge in [-0.25, -0.2) is 9.69 Å². The average Bonchev–Trinajstić information content (AvgIpc) is 1.57. The van der Waals surface area contributed by atoms with Crippen molar-refractivity contribution in [1.82, 2.24) is 18.3 Å². The highest BCUT2D eigenvalue weighted by Gasteiger charge is 2.23. The van der Waals surface area contributed by atoms with Crippen LogP contribution < -0.4 is 0 Å². The smallest absolute Gasteiger partial charge is 0.189 e. The number of hydrogen-bond acceptors (Lipinski definition) is 6. The van der Waals surface area contributed by atoms with Crippen LogP contribution in [-0.2, 0) is 0 Å². The molecule has 0 aliphatic heterocycles. The molecule has 114 heavy (non-hydrogen) atoms. The number of nitriles is 4. The van der Waals surface area contributed by atoms with Crippen LogP contribution in [0.4, 0.5) is 11.4 Å². The Bertz CT molecular complexity index is 8100. The van der Waals surface area contributed by atoms with Crippen LogP contribution in [0.5, 0.6) is 0 Å². The fraction of sp³-hybridized carbons (Fsp3) is 0. The first-order valence-corrected chi connectivity index (χ1v) is 37.0. The van der Waals surface area contributed by atoms with Gasteiger partial charge in [0.2, 0.25) is 0 Å². The highest BCUT2D eigenvalue weighted by atomic mass is 16.3. The first-order chi connectivity index (χ1) is 56.2. The van der Waals surface area contributed by atoms with Crippen molar-refractivity contribution >= 4 is 142 Å². The number of hydrogen-bond donors (Lipinski definition) is 0. The van der Waals surface area contributed by atoms with Gasteiger partial charge in [-0.05, 0) is 203 Å². The van der Waals surface area contributed by atoms with Crippen LogP contribution >= 0.6 is 0 Å². The van der Waals surface area contributed by atoms with E-state index in [4.69, 9.17) is 22.0 Å². The molecule has 16 aromatic carbocycles. The Hall–Kier alpha value is -16.7. The third kappa shape index (κ3) is 11.0. The fourth-order valence-corrected chi connectivity index (χ4v) is 16.7. The molecule has 0 spiro atoms. The van der Waals surface area contributed by atoms with Gasteiger partial charge in [0.25, 0.3) is 0 Å². The normalized spacial score (nSPS) is 11.3. The molecule has 22 rings (SSSR count). The summed E-state index contributed by atoms with van der Waals surface area (Å²) in [6, 6.07) is 123. The number of fused-ring (bicyclic) bond motifs is 18. The molecule has 0 saturated carbocycles. The molecule has 0 bridgehead atoms. The number of benzene rings is 16. The Kier molecular flexibility index (Phi) is 15.9. The highest BCUT2D eigenvalue weighted by molar-refractivity contribution is 6.18. The maximum Gasteiger partial charge on any atom is 0.189 e. The minimum absolute atomic E-state index is 0.566. The Morgan fingerprint density at radius 2 is 0.684 bits per heavy atom. The zero-order chi connectivity index (χ0) is 76.7. The SMILES string of the molecule is N#Cc1cc(-c2cccc3c2c2ccccc2n3-c2ccccc2)cc(-n2c3ccccc3c3cc(C#N)ccc32)c1.[C-]#[N+]c1ccc2c3cc(-c4ccc5c(c4)oc4ccccc45)ccc3n(-c3cccc(C#N)c3)c2c1.[C-]#[N+]c1ccc2c3cc(-c4ccc5c(c4)oc4ccccc45)ccc3n(-c3ccccc3C#N)c2c1. The number of para-hydroxylation sites is 6. The van der Waals surface area contributed by atoms with Crippen LogP contribution in [0, 0.1) is 58.5 Å². The first-order valence-electron chi connectivity index (χ1n) is 37.0. The summed E-state index contributed by atoms with van der Waals surface area (Å²) in [6.45, 7) is 15.0. The number of rotatable bonds is 7. The van der Waals surface area contributed by atoms with Crippen molar-refractivity contribution in [2.24, 2.45) is 0 Å². The maximum absolute atomic E-state index is 10.2. The molecule has 0 atom stereocenters. The summed E-state index contributed by atoms with van der Waals surface area (Å²) < 4.78 is 21.0. The Morgan fingerprint density at radius 3 is 1.32 bits per heavy atom. The molecule has 6 heterocycles. The molecule has 22 aromatic rings. The average molecular weight is 1450 g/mol. The molecule has 0 saturated heterocycles. The third-order valence-electron chi connectivity index (χ3n) is 21.8. The van der Waals surface area contributed by atoms with E-state index in [2.05, 4.69) is 222 Å². The molecular formula is C102H56N10O2. The minimum Gasteiger partial charge on any atom is -0.456 e. The van der Waals surface area contributed by atoms with Crippen molar-refractivity contribution in [1.29, 1.82) is 21.0 Å². The standard InChI is InChI=1S/C38H22N4.2C32H17N3O/c39-23-25-17-18-36-33(21-25)31-11-4-6-14-34(31)42(36)29-20-26(24-40)19-27(22-29)30-13-8-16-37-38(30)32-12-5-7-15-35(32)41(37)28-9-2-1-3-10-28;1-34-23-12-14-24-27-16-20(21-10-13-26-25-7-3-5-9-31(25)36-32(26)17-21)11-15-29(27)35(30(24)18-23)28-8-4-2-6-22(28)19-33;1-34-23-11-13-25-28-16-21(22-9-12-27-26-7-2-3-8-31(26)36-32(27)17-22)10-14-29(28)35(30(25)18-23)24-6-4-5-20(15-24)19-33/h1-22H;2*2-18H. The van der Waals surface area contributed by atoms with Crippen molar-refractivity contribution in [3.05, 3.63) is 385 Å². The van der Waals surface area contributed by atoms with E-state index >= 15 is 0 Å². The molecule has 0 N–H and O–H groups in total. The summed E-state index contributed by atoms with van der Waals surface area (Å²) in [5.74, 6) is 0. The summed E-state index contributed by atoms with van der Waals surface area (Å²) in [5, 5.41) is 52.0. The van der Waals surface area contributed by atoms with Gasteiger partial charge in [0.15, 0.2) is 11.4 Å². The monoisotopic (exact) mass is 1450 g/mol. The Balaban J connectivity index is 0.000000111. The van der Waals surface area contributed by atoms with Crippen molar-refractivity contribution in [3.8, 4) is 80.4 Å². The number of aromatic nitrogens is 4. The van der Waals surface area contributed by atoms with Crippen molar-refractivity contribution < 1.29 is 8.83 Å². The van der Waals surface area contributed by atoms with Crippen LogP contribution in [0.25, 0.3) is 197 Å². The molecule has 0 aliphatic carbocycles. The molecule has 0 aliphatic rings. The van der Waals surface area contributed by atoms with E-state index in [0.717, 1.165) is 187 Å². The van der Waals surface area contributed by atoms with E-state index in [1.807, 2.05) is 164 Å². The van der Waals surface area contributed by atoms with Gasteiger partial charge in [0.1, 0.15) is 28.4 Å². The summed E-state index contributed by atoms with van der Waals surface area (Å²) in [4.78, 5) is 7.29. The van der Waals surface area contributed by atoms with Crippen LogP contribution in [-0.4, -0.2) is 18.3 Å². The second kappa shape index (κ2) is 27.2. The van der Waals surface area contributed by atoms with Crippen molar-refractivity contribution in [2.45, 2.75) is 0 Å². The molecule has 0 unspecified atom stereocenters.